The van der Waals surface area contributed by atoms with Gasteiger partial charge in [0.25, 0.3) is 0 Å². The van der Waals surface area contributed by atoms with Crippen molar-refractivity contribution in [1.29, 1.82) is 0 Å². The molecule has 5 rings (SSSR count). The summed E-state index contributed by atoms with van der Waals surface area (Å²) in [6, 6.07) is 12.2. The molecule has 2 aromatic heterocycles. The van der Waals surface area contributed by atoms with Gasteiger partial charge in [0.15, 0.2) is 5.76 Å². The fourth-order valence-corrected chi connectivity index (χ4v) is 3.80. The fraction of sp³-hybridized carbons (Fsp3) is 0.400. The lowest BCUT2D eigenvalue weighted by Gasteiger charge is -2.25. The minimum atomic E-state index is 0.701. The van der Waals surface area contributed by atoms with Crippen molar-refractivity contribution in [2.75, 3.05) is 6.54 Å². The topological polar surface area (TPSA) is 47.1 Å². The third-order valence-corrected chi connectivity index (χ3v) is 5.32. The molecule has 1 saturated carbocycles. The summed E-state index contributed by atoms with van der Waals surface area (Å²) in [5.41, 5.74) is 4.67. The van der Waals surface area contributed by atoms with Crippen LogP contribution in [0.15, 0.2) is 40.9 Å². The lowest BCUT2D eigenvalue weighted by Crippen LogP contribution is -2.30. The normalized spacial score (nSPS) is 17.6. The van der Waals surface area contributed by atoms with Crippen LogP contribution in [0.3, 0.4) is 0 Å². The first kappa shape index (κ1) is 14.9. The van der Waals surface area contributed by atoms with Crippen LogP contribution in [-0.2, 0) is 26.6 Å². The molecule has 3 aromatic rings. The molecule has 1 aliphatic carbocycles. The van der Waals surface area contributed by atoms with Crippen LogP contribution in [0.1, 0.15) is 41.7 Å². The summed E-state index contributed by atoms with van der Waals surface area (Å²) >= 11 is 0. The van der Waals surface area contributed by atoms with Gasteiger partial charge < -0.3 is 9.09 Å². The van der Waals surface area contributed by atoms with Crippen molar-refractivity contribution in [1.82, 2.24) is 19.6 Å². The maximum absolute atomic E-state index is 5.57. The molecule has 1 aromatic carbocycles. The molecule has 128 valence electrons. The average molecular weight is 334 g/mol. The Labute approximate surface area is 147 Å². The molecule has 3 heterocycles. The van der Waals surface area contributed by atoms with E-state index >= 15 is 0 Å². The molecular formula is C20H22N4O. The lowest BCUT2D eigenvalue weighted by molar-refractivity contribution is 0.211. The van der Waals surface area contributed by atoms with Crippen molar-refractivity contribution in [3.8, 4) is 11.3 Å². The first-order valence-electron chi connectivity index (χ1n) is 9.05. The van der Waals surface area contributed by atoms with Gasteiger partial charge in [0, 0.05) is 49.8 Å². The molecule has 0 atom stereocenters. The maximum atomic E-state index is 5.57. The van der Waals surface area contributed by atoms with Crippen LogP contribution < -0.4 is 0 Å². The highest BCUT2D eigenvalue weighted by molar-refractivity contribution is 5.58. The Hall–Kier alpha value is -2.40. The van der Waals surface area contributed by atoms with E-state index in [0.717, 1.165) is 43.1 Å². The largest absolute Gasteiger partial charge is 0.359 e. The number of fused-ring (bicyclic) bond motifs is 1. The summed E-state index contributed by atoms with van der Waals surface area (Å²) in [5.74, 6) is 2.91. The third-order valence-electron chi connectivity index (χ3n) is 5.32. The van der Waals surface area contributed by atoms with Gasteiger partial charge in [0.1, 0.15) is 11.5 Å². The third kappa shape index (κ3) is 2.78. The summed E-state index contributed by atoms with van der Waals surface area (Å²) in [7, 11) is 2.18. The molecule has 0 amide bonds. The zero-order valence-corrected chi connectivity index (χ0v) is 14.5. The Morgan fingerprint density at radius 3 is 2.84 bits per heavy atom. The van der Waals surface area contributed by atoms with Crippen molar-refractivity contribution in [2.24, 2.45) is 7.05 Å². The molecule has 0 bridgehead atoms. The second kappa shape index (κ2) is 5.85. The second-order valence-corrected chi connectivity index (χ2v) is 7.20. The Morgan fingerprint density at radius 2 is 2.04 bits per heavy atom. The smallest absolute Gasteiger partial charge is 0.151 e. The van der Waals surface area contributed by atoms with Gasteiger partial charge in [0.05, 0.1) is 12.2 Å². The minimum Gasteiger partial charge on any atom is -0.359 e. The molecule has 0 saturated heterocycles. The average Bonchev–Trinajstić information content (AvgIpc) is 3.30. The van der Waals surface area contributed by atoms with Gasteiger partial charge in [-0.15, -0.1) is 0 Å². The first-order chi connectivity index (χ1) is 12.3. The number of rotatable bonds is 4. The van der Waals surface area contributed by atoms with Gasteiger partial charge in [-0.1, -0.05) is 35.5 Å². The number of nitrogens with zero attached hydrogens (tertiary/aromatic N) is 4. The van der Waals surface area contributed by atoms with Crippen LogP contribution in [0.4, 0.5) is 0 Å². The Morgan fingerprint density at radius 1 is 1.20 bits per heavy atom. The van der Waals surface area contributed by atoms with Crippen molar-refractivity contribution in [3.05, 3.63) is 59.4 Å². The van der Waals surface area contributed by atoms with Crippen LogP contribution in [0.5, 0.6) is 0 Å². The highest BCUT2D eigenvalue weighted by atomic mass is 16.5. The molecule has 25 heavy (non-hydrogen) atoms. The fourth-order valence-electron chi connectivity index (χ4n) is 3.80. The predicted octanol–water partition coefficient (Wildman–Crippen LogP) is 3.51. The van der Waals surface area contributed by atoms with Gasteiger partial charge in [-0.25, -0.2) is 4.98 Å². The number of imidazole rings is 1. The molecule has 0 spiro atoms. The molecule has 5 nitrogen and oxygen atoms in total. The molecule has 0 N–H and O–H groups in total. The second-order valence-electron chi connectivity index (χ2n) is 7.20. The van der Waals surface area contributed by atoms with E-state index in [2.05, 4.69) is 39.9 Å². The molecule has 2 aliphatic rings. The van der Waals surface area contributed by atoms with Gasteiger partial charge in [0.2, 0.25) is 0 Å². The van der Waals surface area contributed by atoms with Gasteiger partial charge >= 0.3 is 0 Å². The zero-order valence-electron chi connectivity index (χ0n) is 14.5. The van der Waals surface area contributed by atoms with Crippen molar-refractivity contribution >= 4 is 0 Å². The molecule has 0 unspecified atom stereocenters. The van der Waals surface area contributed by atoms with Crippen molar-refractivity contribution in [3.63, 3.8) is 0 Å². The maximum Gasteiger partial charge on any atom is 0.151 e. The summed E-state index contributed by atoms with van der Waals surface area (Å²) in [4.78, 5) is 7.34. The van der Waals surface area contributed by atoms with Crippen molar-refractivity contribution < 1.29 is 4.52 Å². The minimum absolute atomic E-state index is 0.701. The van der Waals surface area contributed by atoms with Gasteiger partial charge in [-0.2, -0.15) is 0 Å². The van der Waals surface area contributed by atoms with E-state index in [0.29, 0.717) is 5.92 Å². The number of hydrogen-bond acceptors (Lipinski definition) is 4. The SMILES string of the molecule is Cn1c(C2CC2)nc2c1CCN(Cc1cc(-c3ccccc3)no1)C2. The summed E-state index contributed by atoms with van der Waals surface area (Å²) in [6.07, 6.45) is 3.66. The van der Waals surface area contributed by atoms with E-state index < -0.39 is 0 Å². The number of aromatic nitrogens is 3. The summed E-state index contributed by atoms with van der Waals surface area (Å²) < 4.78 is 7.91. The van der Waals surface area contributed by atoms with Crippen LogP contribution in [0.2, 0.25) is 0 Å². The zero-order chi connectivity index (χ0) is 16.8. The van der Waals surface area contributed by atoms with Crippen molar-refractivity contribution in [2.45, 2.75) is 38.3 Å². The number of benzene rings is 1. The van der Waals surface area contributed by atoms with E-state index in [1.165, 1.54) is 30.1 Å². The quantitative estimate of drug-likeness (QED) is 0.732. The summed E-state index contributed by atoms with van der Waals surface area (Å²) in [6.45, 7) is 2.73. The molecule has 5 heteroatoms. The van der Waals surface area contributed by atoms with Gasteiger partial charge in [-0.05, 0) is 12.8 Å². The standard InChI is InChI=1S/C20H22N4O/c1-23-19-9-10-24(13-18(19)21-20(23)15-7-8-15)12-16-11-17(22-25-16)14-5-3-2-4-6-14/h2-6,11,15H,7-10,12-13H2,1H3. The van der Waals surface area contributed by atoms with E-state index in [9.17, 15) is 0 Å². The van der Waals surface area contributed by atoms with E-state index in [4.69, 9.17) is 9.51 Å². The molecule has 0 radical (unpaired) electrons. The Kier molecular flexibility index (Phi) is 3.48. The Bertz CT molecular complexity index is 892. The predicted molar refractivity (Wildman–Crippen MR) is 94.9 cm³/mol. The van der Waals surface area contributed by atoms with E-state index in [-0.39, 0.29) is 0 Å². The van der Waals surface area contributed by atoms with E-state index in [1.807, 2.05) is 18.2 Å². The molecule has 1 aliphatic heterocycles. The Balaban J connectivity index is 1.31. The molecular weight excluding hydrogens is 312 g/mol. The lowest BCUT2D eigenvalue weighted by atomic mass is 10.1. The highest BCUT2D eigenvalue weighted by Crippen LogP contribution is 2.40. The highest BCUT2D eigenvalue weighted by Gasteiger charge is 2.31. The first-order valence-corrected chi connectivity index (χ1v) is 9.05. The van der Waals surface area contributed by atoms with Gasteiger partial charge in [-0.3, -0.25) is 4.90 Å². The van der Waals surface area contributed by atoms with Crippen LogP contribution in [0.25, 0.3) is 11.3 Å². The van der Waals surface area contributed by atoms with E-state index in [1.54, 1.807) is 0 Å². The monoisotopic (exact) mass is 334 g/mol. The van der Waals surface area contributed by atoms with Crippen LogP contribution >= 0.6 is 0 Å². The van der Waals surface area contributed by atoms with Crippen LogP contribution in [-0.4, -0.2) is 26.2 Å². The molecule has 1 fully saturated rings. The number of hydrogen-bond donors (Lipinski definition) is 0. The summed E-state index contributed by atoms with van der Waals surface area (Å²) in [5, 5.41) is 4.22. The van der Waals surface area contributed by atoms with Crippen LogP contribution in [0, 0.1) is 0 Å².